The Morgan fingerprint density at radius 3 is 2.62 bits per heavy atom. The van der Waals surface area contributed by atoms with Crippen LogP contribution in [0.5, 0.6) is 0 Å². The number of anilines is 3. The number of aryl methyl sites for hydroxylation is 1. The van der Waals surface area contributed by atoms with Gasteiger partial charge in [-0.2, -0.15) is 4.98 Å². The number of nitrogens with zero attached hydrogens (tertiary/aromatic N) is 7. The van der Waals surface area contributed by atoms with Gasteiger partial charge in [0, 0.05) is 81.0 Å². The van der Waals surface area contributed by atoms with Gasteiger partial charge in [0.15, 0.2) is 0 Å². The molecule has 2 aliphatic heterocycles. The molecular formula is C32H32N8OS. The largest absolute Gasteiger partial charge is 0.345 e. The molecule has 7 rings (SSSR count). The van der Waals surface area contributed by atoms with E-state index in [0.29, 0.717) is 23.5 Å². The van der Waals surface area contributed by atoms with Crippen molar-refractivity contribution >= 4 is 45.0 Å². The molecular weight excluding hydrogens is 544 g/mol. The van der Waals surface area contributed by atoms with E-state index in [-0.39, 0.29) is 5.91 Å². The second kappa shape index (κ2) is 10.8. The maximum Gasteiger partial charge on any atom is 0.253 e. The Kier molecular flexibility index (Phi) is 6.79. The Labute approximate surface area is 248 Å². The summed E-state index contributed by atoms with van der Waals surface area (Å²) in [7, 11) is 3.51. The first-order valence-electron chi connectivity index (χ1n) is 14.2. The third-order valence-corrected chi connectivity index (χ3v) is 9.03. The summed E-state index contributed by atoms with van der Waals surface area (Å²) in [4.78, 5) is 38.2. The van der Waals surface area contributed by atoms with Crippen molar-refractivity contribution in [3.63, 3.8) is 0 Å². The molecule has 9 nitrogen and oxygen atoms in total. The van der Waals surface area contributed by atoms with Gasteiger partial charge in [0.05, 0.1) is 10.2 Å². The van der Waals surface area contributed by atoms with E-state index in [1.807, 2.05) is 49.5 Å². The maximum absolute atomic E-state index is 12.4. The summed E-state index contributed by atoms with van der Waals surface area (Å²) in [6.07, 6.45) is 2.98. The fourth-order valence-corrected chi connectivity index (χ4v) is 6.86. The molecule has 5 aromatic rings. The minimum atomic E-state index is -0.0307. The highest BCUT2D eigenvalue weighted by Crippen LogP contribution is 2.35. The third kappa shape index (κ3) is 5.19. The SMILES string of the molecule is Cc1cc(Nc2cc3nc(-c4cccc(C(=O)N(C)C)c4)sc3cn2)nc(N2C[C@@H]3C[C@H]2CN3Cc2ccccc2)n1. The number of benzene rings is 2. The van der Waals surface area contributed by atoms with E-state index < -0.39 is 0 Å². The van der Waals surface area contributed by atoms with Crippen LogP contribution in [-0.4, -0.2) is 74.9 Å². The van der Waals surface area contributed by atoms with E-state index in [4.69, 9.17) is 15.0 Å². The first-order chi connectivity index (χ1) is 20.4. The Balaban J connectivity index is 1.07. The van der Waals surface area contributed by atoms with Crippen molar-refractivity contribution in [2.45, 2.75) is 32.0 Å². The predicted octanol–water partition coefficient (Wildman–Crippen LogP) is 5.37. The number of carbonyl (C=O) groups is 1. The van der Waals surface area contributed by atoms with E-state index in [1.165, 1.54) is 5.56 Å². The zero-order valence-corrected chi connectivity index (χ0v) is 24.7. The monoisotopic (exact) mass is 576 g/mol. The summed E-state index contributed by atoms with van der Waals surface area (Å²) in [5.74, 6) is 2.14. The van der Waals surface area contributed by atoms with Crippen molar-refractivity contribution in [3.05, 3.63) is 89.7 Å². The zero-order valence-electron chi connectivity index (χ0n) is 23.9. The molecule has 0 saturated carbocycles. The second-order valence-corrected chi connectivity index (χ2v) is 12.3. The van der Waals surface area contributed by atoms with Gasteiger partial charge >= 0.3 is 0 Å². The second-order valence-electron chi connectivity index (χ2n) is 11.3. The number of rotatable bonds is 7. The lowest BCUT2D eigenvalue weighted by Gasteiger charge is -2.34. The average molecular weight is 577 g/mol. The molecule has 2 aromatic carbocycles. The van der Waals surface area contributed by atoms with E-state index in [0.717, 1.165) is 64.3 Å². The van der Waals surface area contributed by atoms with Crippen LogP contribution in [0.15, 0.2) is 72.9 Å². The van der Waals surface area contributed by atoms with E-state index in [2.05, 4.69) is 50.4 Å². The van der Waals surface area contributed by atoms with Crippen LogP contribution in [0.2, 0.25) is 0 Å². The summed E-state index contributed by atoms with van der Waals surface area (Å²) in [6.45, 7) is 4.96. The van der Waals surface area contributed by atoms with Crippen LogP contribution < -0.4 is 10.2 Å². The van der Waals surface area contributed by atoms with Crippen LogP contribution in [0.4, 0.5) is 17.6 Å². The molecule has 2 atom stereocenters. The Morgan fingerprint density at radius 2 is 1.83 bits per heavy atom. The van der Waals surface area contributed by atoms with Gasteiger partial charge in [-0.1, -0.05) is 42.5 Å². The van der Waals surface area contributed by atoms with Gasteiger partial charge in [-0.25, -0.2) is 15.0 Å². The molecule has 0 radical (unpaired) electrons. The summed E-state index contributed by atoms with van der Waals surface area (Å²) in [6, 6.07) is 23.1. The fraction of sp³-hybridized carbons (Fsp3) is 0.281. The number of hydrogen-bond donors (Lipinski definition) is 1. The molecule has 1 amide bonds. The first kappa shape index (κ1) is 26.5. The van der Waals surface area contributed by atoms with Crippen LogP contribution in [0, 0.1) is 6.92 Å². The Hall–Kier alpha value is -4.41. The Morgan fingerprint density at radius 1 is 0.976 bits per heavy atom. The number of amides is 1. The molecule has 42 heavy (non-hydrogen) atoms. The number of likely N-dealkylation sites (tertiary alicyclic amines) is 1. The number of carbonyl (C=O) groups excluding carboxylic acids is 1. The summed E-state index contributed by atoms with van der Waals surface area (Å²) >= 11 is 1.56. The van der Waals surface area contributed by atoms with Crippen LogP contribution in [-0.2, 0) is 6.54 Å². The maximum atomic E-state index is 12.4. The average Bonchev–Trinajstić information content (AvgIpc) is 3.71. The van der Waals surface area contributed by atoms with Crippen LogP contribution >= 0.6 is 11.3 Å². The molecule has 0 unspecified atom stereocenters. The third-order valence-electron chi connectivity index (χ3n) is 7.98. The van der Waals surface area contributed by atoms with Crippen molar-refractivity contribution in [1.82, 2.24) is 29.7 Å². The number of fused-ring (bicyclic) bond motifs is 3. The van der Waals surface area contributed by atoms with E-state index in [9.17, 15) is 4.79 Å². The minimum absolute atomic E-state index is 0.0307. The molecule has 2 aliphatic rings. The van der Waals surface area contributed by atoms with Crippen LogP contribution in [0.25, 0.3) is 20.8 Å². The molecule has 10 heteroatoms. The highest BCUT2D eigenvalue weighted by atomic mass is 32.1. The minimum Gasteiger partial charge on any atom is -0.345 e. The van der Waals surface area contributed by atoms with E-state index >= 15 is 0 Å². The number of nitrogens with one attached hydrogen (secondary N) is 1. The number of hydrogen-bond acceptors (Lipinski definition) is 9. The molecule has 212 valence electrons. The van der Waals surface area contributed by atoms with Gasteiger partial charge in [0.1, 0.15) is 16.6 Å². The number of thiazole rings is 1. The van der Waals surface area contributed by atoms with E-state index in [1.54, 1.807) is 30.3 Å². The predicted molar refractivity (Wildman–Crippen MR) is 167 cm³/mol. The first-order valence-corrected chi connectivity index (χ1v) is 15.0. The molecule has 5 heterocycles. The number of piperazine rings is 1. The smallest absolute Gasteiger partial charge is 0.253 e. The number of pyridine rings is 1. The lowest BCUT2D eigenvalue weighted by Crippen LogP contribution is -2.46. The summed E-state index contributed by atoms with van der Waals surface area (Å²) < 4.78 is 0.979. The highest BCUT2D eigenvalue weighted by Gasteiger charge is 2.44. The summed E-state index contributed by atoms with van der Waals surface area (Å²) in [5, 5.41) is 4.24. The molecule has 0 aliphatic carbocycles. The van der Waals surface area contributed by atoms with Gasteiger partial charge in [-0.15, -0.1) is 11.3 Å². The topological polar surface area (TPSA) is 90.4 Å². The summed E-state index contributed by atoms with van der Waals surface area (Å²) in [5.41, 5.74) is 4.67. The molecule has 2 bridgehead atoms. The van der Waals surface area contributed by atoms with Gasteiger partial charge in [-0.05, 0) is 31.0 Å². The quantitative estimate of drug-likeness (QED) is 0.277. The van der Waals surface area contributed by atoms with Crippen molar-refractivity contribution in [2.24, 2.45) is 0 Å². The number of aromatic nitrogens is 4. The van der Waals surface area contributed by atoms with Gasteiger partial charge in [0.2, 0.25) is 5.95 Å². The van der Waals surface area contributed by atoms with Crippen molar-refractivity contribution < 1.29 is 4.79 Å². The van der Waals surface area contributed by atoms with Gasteiger partial charge in [-0.3, -0.25) is 9.69 Å². The lowest BCUT2D eigenvalue weighted by atomic mass is 10.1. The van der Waals surface area contributed by atoms with Gasteiger partial charge < -0.3 is 15.1 Å². The standard InChI is InChI=1S/C32H32N8OS/c1-20-12-29(37-32(34-20)40-19-24-14-25(40)18-39(24)17-21-8-5-4-6-9-21)36-28-15-26-27(16-33-28)42-30(35-26)22-10-7-11-23(13-22)31(41)38(2)3/h4-13,15-16,24-25H,14,17-19H2,1-3H3,(H,33,34,36,37)/t24-,25-/m0/s1. The zero-order chi connectivity index (χ0) is 28.8. The molecule has 1 N–H and O–H groups in total. The molecule has 3 aromatic heterocycles. The van der Waals surface area contributed by atoms with Crippen molar-refractivity contribution in [3.8, 4) is 10.6 Å². The Bertz CT molecular complexity index is 1770. The molecule has 2 saturated heterocycles. The lowest BCUT2D eigenvalue weighted by molar-refractivity contribution is 0.0827. The van der Waals surface area contributed by atoms with Gasteiger partial charge in [0.25, 0.3) is 5.91 Å². The highest BCUT2D eigenvalue weighted by molar-refractivity contribution is 7.21. The fourth-order valence-electron chi connectivity index (χ4n) is 5.95. The van der Waals surface area contributed by atoms with Crippen molar-refractivity contribution in [1.29, 1.82) is 0 Å². The molecule has 0 spiro atoms. The van der Waals surface area contributed by atoms with Crippen molar-refractivity contribution in [2.75, 3.05) is 37.4 Å². The van der Waals surface area contributed by atoms with Crippen LogP contribution in [0.1, 0.15) is 28.0 Å². The van der Waals surface area contributed by atoms with Crippen LogP contribution in [0.3, 0.4) is 0 Å². The molecule has 2 fully saturated rings. The normalized spacial score (nSPS) is 18.1.